The molecule has 0 unspecified atom stereocenters. The predicted octanol–water partition coefficient (Wildman–Crippen LogP) is 3.93. The van der Waals surface area contributed by atoms with Crippen LogP contribution in [-0.2, 0) is 0 Å². The van der Waals surface area contributed by atoms with Gasteiger partial charge in [-0.15, -0.1) is 10.2 Å². The molecule has 1 aromatic heterocycles. The van der Waals surface area contributed by atoms with Crippen LogP contribution in [0.15, 0.2) is 52.9 Å². The van der Waals surface area contributed by atoms with Crippen molar-refractivity contribution < 1.29 is 9.21 Å². The van der Waals surface area contributed by atoms with E-state index in [2.05, 4.69) is 20.4 Å². The third-order valence-corrected chi connectivity index (χ3v) is 5.36. The van der Waals surface area contributed by atoms with Gasteiger partial charge in [-0.3, -0.25) is 4.79 Å². The number of hydrogen-bond acceptors (Lipinski definition) is 5. The zero-order valence-electron chi connectivity index (χ0n) is 16.7. The summed E-state index contributed by atoms with van der Waals surface area (Å²) in [7, 11) is 0. The SMILES string of the molecule is Cc1ccccc1-c1nnc(-c2ccc(C(=O)NCCN3CCCCC3)cc2)o1. The molecule has 0 atom stereocenters. The monoisotopic (exact) mass is 390 g/mol. The lowest BCUT2D eigenvalue weighted by Gasteiger charge is -2.26. The van der Waals surface area contributed by atoms with E-state index in [0.717, 1.165) is 36.3 Å². The number of hydrogen-bond donors (Lipinski definition) is 1. The summed E-state index contributed by atoms with van der Waals surface area (Å²) in [5, 5.41) is 11.3. The lowest BCUT2D eigenvalue weighted by molar-refractivity contribution is 0.0946. The predicted molar refractivity (Wildman–Crippen MR) is 113 cm³/mol. The number of aryl methyl sites for hydroxylation is 1. The molecule has 1 fully saturated rings. The first kappa shape index (κ1) is 19.3. The topological polar surface area (TPSA) is 71.3 Å². The van der Waals surface area contributed by atoms with Crippen molar-refractivity contribution in [1.82, 2.24) is 20.4 Å². The van der Waals surface area contributed by atoms with Crippen molar-refractivity contribution in [2.45, 2.75) is 26.2 Å². The maximum atomic E-state index is 12.4. The Morgan fingerprint density at radius 1 is 1.00 bits per heavy atom. The van der Waals surface area contributed by atoms with Crippen LogP contribution >= 0.6 is 0 Å². The first-order valence-electron chi connectivity index (χ1n) is 10.2. The zero-order chi connectivity index (χ0) is 20.1. The molecule has 0 bridgehead atoms. The highest BCUT2D eigenvalue weighted by molar-refractivity contribution is 5.94. The molecule has 150 valence electrons. The van der Waals surface area contributed by atoms with Crippen molar-refractivity contribution in [3.8, 4) is 22.9 Å². The molecule has 0 saturated carbocycles. The third-order valence-electron chi connectivity index (χ3n) is 5.36. The van der Waals surface area contributed by atoms with Crippen LogP contribution < -0.4 is 5.32 Å². The van der Waals surface area contributed by atoms with Gasteiger partial charge in [0.05, 0.1) is 0 Å². The van der Waals surface area contributed by atoms with E-state index in [0.29, 0.717) is 23.9 Å². The number of piperidine rings is 1. The molecule has 0 spiro atoms. The molecule has 1 aliphatic rings. The van der Waals surface area contributed by atoms with Gasteiger partial charge in [-0.05, 0) is 68.8 Å². The van der Waals surface area contributed by atoms with Crippen LogP contribution in [0.4, 0.5) is 0 Å². The Morgan fingerprint density at radius 3 is 2.48 bits per heavy atom. The molecular weight excluding hydrogens is 364 g/mol. The average Bonchev–Trinajstić information content (AvgIpc) is 3.25. The molecule has 1 amide bonds. The van der Waals surface area contributed by atoms with E-state index in [1.165, 1.54) is 19.3 Å². The highest BCUT2D eigenvalue weighted by atomic mass is 16.4. The minimum Gasteiger partial charge on any atom is -0.416 e. The molecule has 2 heterocycles. The van der Waals surface area contributed by atoms with Crippen LogP contribution in [0.1, 0.15) is 35.2 Å². The molecule has 0 aliphatic carbocycles. The second-order valence-electron chi connectivity index (χ2n) is 7.46. The number of nitrogens with one attached hydrogen (secondary N) is 1. The van der Waals surface area contributed by atoms with E-state index in [-0.39, 0.29) is 5.91 Å². The fraction of sp³-hybridized carbons (Fsp3) is 0.348. The summed E-state index contributed by atoms with van der Waals surface area (Å²) < 4.78 is 5.84. The molecule has 0 radical (unpaired) electrons. The van der Waals surface area contributed by atoms with Crippen LogP contribution in [0.2, 0.25) is 0 Å². The van der Waals surface area contributed by atoms with E-state index in [4.69, 9.17) is 4.42 Å². The van der Waals surface area contributed by atoms with Crippen molar-refractivity contribution in [2.24, 2.45) is 0 Å². The number of rotatable bonds is 6. The van der Waals surface area contributed by atoms with E-state index >= 15 is 0 Å². The molecule has 2 aromatic carbocycles. The van der Waals surface area contributed by atoms with Gasteiger partial charge >= 0.3 is 0 Å². The summed E-state index contributed by atoms with van der Waals surface area (Å²) >= 11 is 0. The Labute approximate surface area is 170 Å². The van der Waals surface area contributed by atoms with E-state index in [1.807, 2.05) is 43.3 Å². The van der Waals surface area contributed by atoms with Crippen molar-refractivity contribution in [1.29, 1.82) is 0 Å². The number of likely N-dealkylation sites (tertiary alicyclic amines) is 1. The first-order chi connectivity index (χ1) is 14.2. The minimum absolute atomic E-state index is 0.0558. The molecule has 6 nitrogen and oxygen atoms in total. The first-order valence-corrected chi connectivity index (χ1v) is 10.2. The lowest BCUT2D eigenvalue weighted by atomic mass is 10.1. The number of nitrogens with zero attached hydrogens (tertiary/aromatic N) is 3. The molecule has 1 N–H and O–H groups in total. The van der Waals surface area contributed by atoms with Crippen LogP contribution in [0.5, 0.6) is 0 Å². The second-order valence-corrected chi connectivity index (χ2v) is 7.46. The standard InChI is InChI=1S/C23H26N4O2/c1-17-7-3-4-8-20(17)23-26-25-22(29-23)19-11-9-18(10-12-19)21(28)24-13-16-27-14-5-2-6-15-27/h3-4,7-12H,2,5-6,13-16H2,1H3,(H,24,28). The van der Waals surface area contributed by atoms with E-state index in [1.54, 1.807) is 12.1 Å². The number of benzene rings is 2. The molecule has 6 heteroatoms. The van der Waals surface area contributed by atoms with Gasteiger partial charge < -0.3 is 14.6 Å². The van der Waals surface area contributed by atoms with Crippen LogP contribution in [-0.4, -0.2) is 47.2 Å². The van der Waals surface area contributed by atoms with Crippen LogP contribution in [0.3, 0.4) is 0 Å². The molecule has 1 saturated heterocycles. The summed E-state index contributed by atoms with van der Waals surface area (Å²) in [6, 6.07) is 15.2. The number of carbonyl (C=O) groups excluding carboxylic acids is 1. The van der Waals surface area contributed by atoms with Gasteiger partial charge in [0.1, 0.15) is 0 Å². The van der Waals surface area contributed by atoms with Crippen molar-refractivity contribution >= 4 is 5.91 Å². The maximum absolute atomic E-state index is 12.4. The normalized spacial score (nSPS) is 14.7. The Morgan fingerprint density at radius 2 is 1.72 bits per heavy atom. The van der Waals surface area contributed by atoms with Crippen LogP contribution in [0.25, 0.3) is 22.9 Å². The lowest BCUT2D eigenvalue weighted by Crippen LogP contribution is -2.37. The number of amides is 1. The van der Waals surface area contributed by atoms with E-state index < -0.39 is 0 Å². The Balaban J connectivity index is 1.36. The van der Waals surface area contributed by atoms with Gasteiger partial charge in [0, 0.05) is 29.8 Å². The average molecular weight is 390 g/mol. The maximum Gasteiger partial charge on any atom is 0.251 e. The van der Waals surface area contributed by atoms with E-state index in [9.17, 15) is 4.79 Å². The van der Waals surface area contributed by atoms with Gasteiger partial charge in [-0.2, -0.15) is 0 Å². The third kappa shape index (κ3) is 4.71. The molecule has 3 aromatic rings. The second kappa shape index (κ2) is 9.01. The number of aromatic nitrogens is 2. The molecule has 4 rings (SSSR count). The Kier molecular flexibility index (Phi) is 6.00. The molecule has 1 aliphatic heterocycles. The van der Waals surface area contributed by atoms with Gasteiger partial charge in [-0.1, -0.05) is 24.6 Å². The zero-order valence-corrected chi connectivity index (χ0v) is 16.7. The highest BCUT2D eigenvalue weighted by Crippen LogP contribution is 2.26. The largest absolute Gasteiger partial charge is 0.416 e. The minimum atomic E-state index is -0.0558. The summed E-state index contributed by atoms with van der Waals surface area (Å²) in [4.78, 5) is 14.8. The fourth-order valence-electron chi connectivity index (χ4n) is 3.64. The smallest absolute Gasteiger partial charge is 0.251 e. The Hall–Kier alpha value is -2.99. The molecular formula is C23H26N4O2. The molecule has 29 heavy (non-hydrogen) atoms. The van der Waals surface area contributed by atoms with Crippen molar-refractivity contribution in [2.75, 3.05) is 26.2 Å². The number of carbonyl (C=O) groups is 1. The quantitative estimate of drug-likeness (QED) is 0.691. The summed E-state index contributed by atoms with van der Waals surface area (Å²) in [6.45, 7) is 5.87. The summed E-state index contributed by atoms with van der Waals surface area (Å²) in [5.74, 6) is 0.887. The Bertz CT molecular complexity index is 959. The summed E-state index contributed by atoms with van der Waals surface area (Å²) in [6.07, 6.45) is 3.84. The van der Waals surface area contributed by atoms with Gasteiger partial charge in [0.2, 0.25) is 11.8 Å². The van der Waals surface area contributed by atoms with Gasteiger partial charge in [0.25, 0.3) is 5.91 Å². The summed E-state index contributed by atoms with van der Waals surface area (Å²) in [5.41, 5.74) is 3.43. The van der Waals surface area contributed by atoms with Crippen LogP contribution in [0, 0.1) is 6.92 Å². The fourth-order valence-corrected chi connectivity index (χ4v) is 3.64. The van der Waals surface area contributed by atoms with Crippen molar-refractivity contribution in [3.63, 3.8) is 0 Å². The van der Waals surface area contributed by atoms with Crippen molar-refractivity contribution in [3.05, 3.63) is 59.7 Å². The highest BCUT2D eigenvalue weighted by Gasteiger charge is 2.14. The van der Waals surface area contributed by atoms with Gasteiger partial charge in [0.15, 0.2) is 0 Å². The van der Waals surface area contributed by atoms with Gasteiger partial charge in [-0.25, -0.2) is 0 Å².